The Bertz CT molecular complexity index is 975. The first-order valence-electron chi connectivity index (χ1n) is 8.78. The first-order chi connectivity index (χ1) is 13.5. The van der Waals surface area contributed by atoms with E-state index in [2.05, 4.69) is 15.5 Å². The number of fused-ring (bicyclic) bond motifs is 1. The molecule has 1 fully saturated rings. The molecule has 2 aromatic rings. The second kappa shape index (κ2) is 8.00. The molecule has 9 nitrogen and oxygen atoms in total. The number of amides is 1. The summed E-state index contributed by atoms with van der Waals surface area (Å²) < 4.78 is 39.1. The van der Waals surface area contributed by atoms with Gasteiger partial charge in [-0.05, 0) is 30.0 Å². The summed E-state index contributed by atoms with van der Waals surface area (Å²) in [6.45, 7) is 0.589. The third kappa shape index (κ3) is 4.76. The summed E-state index contributed by atoms with van der Waals surface area (Å²) >= 11 is 1.15. The standard InChI is InChI=1S/C17H19N3O6S2/c21-15(18-7-11-1-2-13-14(5-11)25-10-24-13)8-27-17-20-19-16(26-17)6-12-3-4-28(22,23)9-12/h1-2,5,12H,3-4,6-10H2,(H,18,21)/t12-/m1/s1. The van der Waals surface area contributed by atoms with Crippen molar-refractivity contribution in [3.05, 3.63) is 29.7 Å². The number of aromatic nitrogens is 2. The topological polar surface area (TPSA) is 121 Å². The first kappa shape index (κ1) is 19.1. The number of thioether (sulfide) groups is 1. The van der Waals surface area contributed by atoms with E-state index in [0.717, 1.165) is 17.3 Å². The molecule has 4 rings (SSSR count). The fourth-order valence-corrected chi connectivity index (χ4v) is 5.56. The van der Waals surface area contributed by atoms with Crippen LogP contribution in [0.15, 0.2) is 27.8 Å². The number of carbonyl (C=O) groups is 1. The average Bonchev–Trinajstić information content (AvgIpc) is 3.38. The van der Waals surface area contributed by atoms with Gasteiger partial charge in [0.05, 0.1) is 17.3 Å². The van der Waals surface area contributed by atoms with E-state index in [9.17, 15) is 13.2 Å². The molecule has 1 aromatic carbocycles. The number of sulfone groups is 1. The Morgan fingerprint density at radius 2 is 2.11 bits per heavy atom. The zero-order valence-electron chi connectivity index (χ0n) is 14.9. The molecular weight excluding hydrogens is 406 g/mol. The lowest BCUT2D eigenvalue weighted by Gasteiger charge is -2.05. The lowest BCUT2D eigenvalue weighted by atomic mass is 10.1. The van der Waals surface area contributed by atoms with Gasteiger partial charge < -0.3 is 19.2 Å². The third-order valence-corrected chi connectivity index (χ3v) is 7.15. The number of hydrogen-bond donors (Lipinski definition) is 1. The molecule has 28 heavy (non-hydrogen) atoms. The molecule has 11 heteroatoms. The Kier molecular flexibility index (Phi) is 5.44. The molecule has 0 spiro atoms. The van der Waals surface area contributed by atoms with Gasteiger partial charge in [-0.3, -0.25) is 4.79 Å². The van der Waals surface area contributed by atoms with Crippen molar-refractivity contribution in [3.8, 4) is 11.5 Å². The van der Waals surface area contributed by atoms with E-state index >= 15 is 0 Å². The molecule has 1 atom stereocenters. The molecule has 0 radical (unpaired) electrons. The Morgan fingerprint density at radius 1 is 1.25 bits per heavy atom. The molecule has 2 aliphatic heterocycles. The van der Waals surface area contributed by atoms with Crippen LogP contribution in [0.1, 0.15) is 17.9 Å². The van der Waals surface area contributed by atoms with Gasteiger partial charge in [0.2, 0.25) is 18.6 Å². The number of hydrogen-bond acceptors (Lipinski definition) is 9. The Balaban J connectivity index is 1.21. The highest BCUT2D eigenvalue weighted by molar-refractivity contribution is 7.99. The summed E-state index contributed by atoms with van der Waals surface area (Å²) in [6.07, 6.45) is 1.07. The van der Waals surface area contributed by atoms with Gasteiger partial charge in [-0.2, -0.15) is 0 Å². The van der Waals surface area contributed by atoms with Crippen LogP contribution in [0.25, 0.3) is 0 Å². The van der Waals surface area contributed by atoms with Crippen molar-refractivity contribution in [2.24, 2.45) is 5.92 Å². The summed E-state index contributed by atoms with van der Waals surface area (Å²) in [5.41, 5.74) is 0.911. The van der Waals surface area contributed by atoms with Crippen LogP contribution in [0.3, 0.4) is 0 Å². The molecule has 0 saturated carbocycles. The quantitative estimate of drug-likeness (QED) is 0.652. The predicted molar refractivity (Wildman–Crippen MR) is 99.9 cm³/mol. The monoisotopic (exact) mass is 425 g/mol. The molecule has 3 heterocycles. The fraction of sp³-hybridized carbons (Fsp3) is 0.471. The second-order valence-corrected chi connectivity index (χ2v) is 9.84. The van der Waals surface area contributed by atoms with Crippen LogP contribution in [0.2, 0.25) is 0 Å². The number of rotatable bonds is 7. The van der Waals surface area contributed by atoms with Crippen LogP contribution in [-0.2, 0) is 27.6 Å². The van der Waals surface area contributed by atoms with Crippen LogP contribution >= 0.6 is 11.8 Å². The van der Waals surface area contributed by atoms with Crippen LogP contribution in [0.4, 0.5) is 0 Å². The van der Waals surface area contributed by atoms with Crippen molar-refractivity contribution in [1.82, 2.24) is 15.5 Å². The van der Waals surface area contributed by atoms with Crippen molar-refractivity contribution in [2.75, 3.05) is 24.1 Å². The van der Waals surface area contributed by atoms with Gasteiger partial charge in [-0.15, -0.1) is 10.2 Å². The van der Waals surface area contributed by atoms with E-state index in [4.69, 9.17) is 13.9 Å². The minimum Gasteiger partial charge on any atom is -0.454 e. The normalized spacial score (nSPS) is 19.6. The third-order valence-electron chi connectivity index (χ3n) is 4.49. The molecule has 1 amide bonds. The fourth-order valence-electron chi connectivity index (χ4n) is 3.09. The lowest BCUT2D eigenvalue weighted by Crippen LogP contribution is -2.24. The molecule has 150 valence electrons. The van der Waals surface area contributed by atoms with Gasteiger partial charge in [-0.1, -0.05) is 17.8 Å². The van der Waals surface area contributed by atoms with Gasteiger partial charge in [0, 0.05) is 13.0 Å². The lowest BCUT2D eigenvalue weighted by molar-refractivity contribution is -0.118. The molecule has 1 aromatic heterocycles. The van der Waals surface area contributed by atoms with Crippen molar-refractivity contribution < 1.29 is 27.1 Å². The predicted octanol–water partition coefficient (Wildman–Crippen LogP) is 1.18. The van der Waals surface area contributed by atoms with Gasteiger partial charge in [0.25, 0.3) is 5.22 Å². The first-order valence-corrected chi connectivity index (χ1v) is 11.6. The van der Waals surface area contributed by atoms with Crippen LogP contribution < -0.4 is 14.8 Å². The van der Waals surface area contributed by atoms with Crippen molar-refractivity contribution >= 4 is 27.5 Å². The Morgan fingerprint density at radius 3 is 2.93 bits per heavy atom. The molecule has 0 unspecified atom stereocenters. The Hall–Kier alpha value is -2.27. The average molecular weight is 425 g/mol. The minimum absolute atomic E-state index is 0.0216. The summed E-state index contributed by atoms with van der Waals surface area (Å²) in [5, 5.41) is 11.0. The number of carbonyl (C=O) groups excluding carboxylic acids is 1. The maximum atomic E-state index is 12.0. The van der Waals surface area contributed by atoms with Gasteiger partial charge >= 0.3 is 0 Å². The number of ether oxygens (including phenoxy) is 2. The molecule has 1 saturated heterocycles. The largest absolute Gasteiger partial charge is 0.454 e. The van der Waals surface area contributed by atoms with Crippen LogP contribution in [0.5, 0.6) is 11.5 Å². The number of nitrogens with one attached hydrogen (secondary N) is 1. The van der Waals surface area contributed by atoms with E-state index in [1.54, 1.807) is 0 Å². The molecule has 1 N–H and O–H groups in total. The van der Waals surface area contributed by atoms with Gasteiger partial charge in [-0.25, -0.2) is 8.42 Å². The highest BCUT2D eigenvalue weighted by Crippen LogP contribution is 2.32. The maximum Gasteiger partial charge on any atom is 0.277 e. The Labute approximate surface area is 166 Å². The second-order valence-electron chi connectivity index (χ2n) is 6.69. The molecule has 2 aliphatic rings. The van der Waals surface area contributed by atoms with Crippen LogP contribution in [0, 0.1) is 5.92 Å². The van der Waals surface area contributed by atoms with E-state index in [0.29, 0.717) is 42.0 Å². The van der Waals surface area contributed by atoms with E-state index in [1.165, 1.54) is 0 Å². The SMILES string of the molecule is O=C(CSc1nnc(C[C@H]2CCS(=O)(=O)C2)o1)NCc1ccc2c(c1)OCO2. The minimum atomic E-state index is -2.93. The zero-order chi connectivity index (χ0) is 19.6. The smallest absolute Gasteiger partial charge is 0.277 e. The summed E-state index contributed by atoms with van der Waals surface area (Å²) in [6, 6.07) is 5.52. The van der Waals surface area contributed by atoms with E-state index < -0.39 is 9.84 Å². The molecular formula is C17H19N3O6S2. The van der Waals surface area contributed by atoms with Crippen molar-refractivity contribution in [1.29, 1.82) is 0 Å². The highest BCUT2D eigenvalue weighted by atomic mass is 32.2. The van der Waals surface area contributed by atoms with Crippen molar-refractivity contribution in [3.63, 3.8) is 0 Å². The van der Waals surface area contributed by atoms with Gasteiger partial charge in [0.15, 0.2) is 21.3 Å². The zero-order valence-corrected chi connectivity index (χ0v) is 16.6. The van der Waals surface area contributed by atoms with Gasteiger partial charge in [0.1, 0.15) is 0 Å². The van der Waals surface area contributed by atoms with E-state index in [1.807, 2.05) is 18.2 Å². The van der Waals surface area contributed by atoms with Crippen LogP contribution in [-0.4, -0.2) is 48.6 Å². The summed E-state index contributed by atoms with van der Waals surface area (Å²) in [4.78, 5) is 12.0. The van der Waals surface area contributed by atoms with Crippen molar-refractivity contribution in [2.45, 2.75) is 24.6 Å². The molecule has 0 aliphatic carbocycles. The van der Waals surface area contributed by atoms with E-state index in [-0.39, 0.29) is 35.9 Å². The highest BCUT2D eigenvalue weighted by Gasteiger charge is 2.29. The summed E-state index contributed by atoms with van der Waals surface area (Å²) in [7, 11) is -2.93. The number of nitrogens with zero attached hydrogens (tertiary/aromatic N) is 2. The summed E-state index contributed by atoms with van der Waals surface area (Å²) in [5.74, 6) is 2.17. The number of benzene rings is 1. The molecule has 0 bridgehead atoms. The maximum absolute atomic E-state index is 12.0.